The fourth-order valence-corrected chi connectivity index (χ4v) is 3.60. The average molecular weight is 415 g/mol. The second kappa shape index (κ2) is 8.61. The first-order chi connectivity index (χ1) is 14.1. The number of hydrogen-bond donors (Lipinski definition) is 1. The molecule has 1 aliphatic rings. The van der Waals surface area contributed by atoms with Crippen LogP contribution in [0.1, 0.15) is 25.7 Å². The molecule has 1 aromatic carbocycles. The lowest BCUT2D eigenvalue weighted by Crippen LogP contribution is -2.31. The van der Waals surface area contributed by atoms with Gasteiger partial charge < -0.3 is 10.1 Å². The van der Waals surface area contributed by atoms with Crippen molar-refractivity contribution >= 4 is 23.3 Å². The van der Waals surface area contributed by atoms with Crippen LogP contribution in [0.2, 0.25) is 5.02 Å². The van der Waals surface area contributed by atoms with Crippen molar-refractivity contribution < 1.29 is 13.9 Å². The molecular weight excluding hydrogens is 395 g/mol. The van der Waals surface area contributed by atoms with Crippen LogP contribution in [0.5, 0.6) is 5.88 Å². The number of carbonyl (C=O) groups excluding carboxylic acids is 1. The molecule has 1 fully saturated rings. The second-order valence-corrected chi connectivity index (χ2v) is 7.43. The number of benzene rings is 1. The van der Waals surface area contributed by atoms with Crippen LogP contribution in [0.3, 0.4) is 0 Å². The Hall–Kier alpha value is -2.93. The van der Waals surface area contributed by atoms with Gasteiger partial charge in [0.2, 0.25) is 11.8 Å². The van der Waals surface area contributed by atoms with Crippen LogP contribution in [-0.4, -0.2) is 26.8 Å². The van der Waals surface area contributed by atoms with Gasteiger partial charge in [0.05, 0.1) is 0 Å². The number of halogens is 2. The zero-order valence-corrected chi connectivity index (χ0v) is 16.3. The third kappa shape index (κ3) is 4.74. The monoisotopic (exact) mass is 414 g/mol. The molecule has 0 unspecified atom stereocenters. The van der Waals surface area contributed by atoms with Gasteiger partial charge in [-0.15, -0.1) is 5.10 Å². The lowest BCUT2D eigenvalue weighted by atomic mass is 9.87. The van der Waals surface area contributed by atoms with E-state index in [4.69, 9.17) is 16.3 Å². The lowest BCUT2D eigenvalue weighted by Gasteiger charge is -2.27. The quantitative estimate of drug-likeness (QED) is 0.660. The van der Waals surface area contributed by atoms with Crippen molar-refractivity contribution in [3.05, 3.63) is 65.7 Å². The summed E-state index contributed by atoms with van der Waals surface area (Å²) in [6, 6.07) is 11.4. The normalized spacial score (nSPS) is 19.0. The summed E-state index contributed by atoms with van der Waals surface area (Å²) in [6.45, 7) is 0. The Morgan fingerprint density at radius 1 is 1.17 bits per heavy atom. The van der Waals surface area contributed by atoms with Crippen molar-refractivity contribution in [1.29, 1.82) is 0 Å². The molecule has 0 aliphatic heterocycles. The number of carbonyl (C=O) groups is 1. The first kappa shape index (κ1) is 19.4. The summed E-state index contributed by atoms with van der Waals surface area (Å²) in [5.74, 6) is 0.341. The highest BCUT2D eigenvalue weighted by atomic mass is 35.5. The maximum Gasteiger partial charge on any atom is 0.228 e. The van der Waals surface area contributed by atoms with Gasteiger partial charge in [-0.2, -0.15) is 0 Å². The molecule has 1 amide bonds. The van der Waals surface area contributed by atoms with Crippen LogP contribution in [-0.2, 0) is 4.79 Å². The molecule has 1 N–H and O–H groups in total. The minimum atomic E-state index is -0.374. The highest BCUT2D eigenvalue weighted by molar-refractivity contribution is 6.30. The second-order valence-electron chi connectivity index (χ2n) is 6.99. The first-order valence-corrected chi connectivity index (χ1v) is 9.86. The van der Waals surface area contributed by atoms with Gasteiger partial charge in [-0.1, -0.05) is 23.7 Å². The van der Waals surface area contributed by atoms with Gasteiger partial charge in [0.25, 0.3) is 0 Å². The van der Waals surface area contributed by atoms with Crippen molar-refractivity contribution in [3.8, 4) is 11.6 Å². The summed E-state index contributed by atoms with van der Waals surface area (Å²) < 4.78 is 21.2. The Bertz CT molecular complexity index is 1000. The molecule has 0 saturated heterocycles. The summed E-state index contributed by atoms with van der Waals surface area (Å²) in [5, 5.41) is 7.67. The van der Waals surface area contributed by atoms with Gasteiger partial charge in [-0.25, -0.2) is 14.1 Å². The summed E-state index contributed by atoms with van der Waals surface area (Å²) in [4.78, 5) is 16.7. The van der Waals surface area contributed by atoms with E-state index in [2.05, 4.69) is 15.4 Å². The van der Waals surface area contributed by atoms with Gasteiger partial charge >= 0.3 is 0 Å². The van der Waals surface area contributed by atoms with Gasteiger partial charge in [-0.05, 0) is 43.9 Å². The number of rotatable bonds is 5. The number of pyridine rings is 1. The number of anilines is 1. The Morgan fingerprint density at radius 3 is 2.72 bits per heavy atom. The van der Waals surface area contributed by atoms with Gasteiger partial charge in [0, 0.05) is 35.5 Å². The predicted octanol–water partition coefficient (Wildman–Crippen LogP) is 4.64. The van der Waals surface area contributed by atoms with Crippen LogP contribution in [0.25, 0.3) is 5.69 Å². The van der Waals surface area contributed by atoms with Crippen LogP contribution in [0, 0.1) is 11.7 Å². The molecule has 150 valence electrons. The number of nitrogens with zero attached hydrogens (tertiary/aromatic N) is 3. The molecule has 2 aromatic heterocycles. The molecule has 0 radical (unpaired) electrons. The minimum absolute atomic E-state index is 0.0188. The van der Waals surface area contributed by atoms with Crippen molar-refractivity contribution in [2.75, 3.05) is 5.32 Å². The third-order valence-corrected chi connectivity index (χ3v) is 5.20. The SMILES string of the molecule is O=C(Nc1ccn(-c2ccccc2F)n1)[C@H]1CC[C@@H](Oc2cc(Cl)ccn2)CC1. The summed E-state index contributed by atoms with van der Waals surface area (Å²) in [6.07, 6.45) is 6.20. The van der Waals surface area contributed by atoms with E-state index >= 15 is 0 Å². The Kier molecular flexibility index (Phi) is 5.76. The van der Waals surface area contributed by atoms with Crippen molar-refractivity contribution in [1.82, 2.24) is 14.8 Å². The van der Waals surface area contributed by atoms with E-state index in [0.717, 1.165) is 12.8 Å². The largest absolute Gasteiger partial charge is 0.474 e. The Balaban J connectivity index is 1.31. The van der Waals surface area contributed by atoms with Crippen molar-refractivity contribution in [2.24, 2.45) is 5.92 Å². The molecule has 8 heteroatoms. The molecule has 0 spiro atoms. The van der Waals surface area contributed by atoms with E-state index in [1.54, 1.807) is 48.8 Å². The van der Waals surface area contributed by atoms with E-state index in [0.29, 0.717) is 35.2 Å². The van der Waals surface area contributed by atoms with E-state index in [1.807, 2.05) is 0 Å². The molecule has 29 heavy (non-hydrogen) atoms. The molecular formula is C21H20ClFN4O2. The molecule has 0 atom stereocenters. The topological polar surface area (TPSA) is 69.0 Å². The maximum atomic E-state index is 13.9. The van der Waals surface area contributed by atoms with Gasteiger partial charge in [-0.3, -0.25) is 4.79 Å². The van der Waals surface area contributed by atoms with Gasteiger partial charge in [0.1, 0.15) is 17.6 Å². The van der Waals surface area contributed by atoms with E-state index in [9.17, 15) is 9.18 Å². The first-order valence-electron chi connectivity index (χ1n) is 9.48. The molecule has 2 heterocycles. The Labute approximate surface area is 172 Å². The maximum absolute atomic E-state index is 13.9. The summed E-state index contributed by atoms with van der Waals surface area (Å²) in [5.41, 5.74) is 0.334. The summed E-state index contributed by atoms with van der Waals surface area (Å²) in [7, 11) is 0. The molecule has 3 aromatic rings. The molecule has 0 bridgehead atoms. The predicted molar refractivity (Wildman–Crippen MR) is 108 cm³/mol. The highest BCUT2D eigenvalue weighted by Crippen LogP contribution is 2.28. The molecule has 4 rings (SSSR count). The number of para-hydroxylation sites is 1. The van der Waals surface area contributed by atoms with E-state index in [-0.39, 0.29) is 23.7 Å². The van der Waals surface area contributed by atoms with Crippen LogP contribution < -0.4 is 10.1 Å². The number of nitrogens with one attached hydrogen (secondary N) is 1. The highest BCUT2D eigenvalue weighted by Gasteiger charge is 2.28. The molecule has 1 aliphatic carbocycles. The zero-order valence-electron chi connectivity index (χ0n) is 15.6. The Morgan fingerprint density at radius 2 is 1.97 bits per heavy atom. The zero-order chi connectivity index (χ0) is 20.2. The van der Waals surface area contributed by atoms with Crippen LogP contribution >= 0.6 is 11.6 Å². The third-order valence-electron chi connectivity index (χ3n) is 4.97. The van der Waals surface area contributed by atoms with Crippen molar-refractivity contribution in [2.45, 2.75) is 31.8 Å². The number of aromatic nitrogens is 3. The standard InChI is InChI=1S/C21H20ClFN4O2/c22-15-9-11-24-20(13-15)29-16-7-5-14(6-8-16)21(28)25-19-10-12-27(26-19)18-4-2-1-3-17(18)23/h1-4,9-14,16H,5-8H2,(H,25,26,28)/t14-,16+. The van der Waals surface area contributed by atoms with Crippen molar-refractivity contribution in [3.63, 3.8) is 0 Å². The average Bonchev–Trinajstić information content (AvgIpc) is 3.17. The summed E-state index contributed by atoms with van der Waals surface area (Å²) >= 11 is 5.95. The van der Waals surface area contributed by atoms with Gasteiger partial charge in [0.15, 0.2) is 5.82 Å². The van der Waals surface area contributed by atoms with E-state index in [1.165, 1.54) is 10.7 Å². The van der Waals surface area contributed by atoms with E-state index < -0.39 is 0 Å². The van der Waals surface area contributed by atoms with Crippen LogP contribution in [0.15, 0.2) is 54.9 Å². The molecule has 6 nitrogen and oxygen atoms in total. The lowest BCUT2D eigenvalue weighted by molar-refractivity contribution is -0.121. The van der Waals surface area contributed by atoms with Crippen LogP contribution in [0.4, 0.5) is 10.2 Å². The smallest absolute Gasteiger partial charge is 0.228 e. The fraction of sp³-hybridized carbons (Fsp3) is 0.286. The fourth-order valence-electron chi connectivity index (χ4n) is 3.45. The minimum Gasteiger partial charge on any atom is -0.474 e. The number of amides is 1. The number of ether oxygens (including phenoxy) is 1. The number of hydrogen-bond acceptors (Lipinski definition) is 4. The molecule has 1 saturated carbocycles.